The van der Waals surface area contributed by atoms with Crippen molar-refractivity contribution in [3.8, 4) is 0 Å². The van der Waals surface area contributed by atoms with Gasteiger partial charge in [0.1, 0.15) is 0 Å². The second-order valence-electron chi connectivity index (χ2n) is 2.97. The van der Waals surface area contributed by atoms with E-state index in [9.17, 15) is 5.11 Å². The van der Waals surface area contributed by atoms with Crippen LogP contribution in [0.15, 0.2) is 0 Å². The maximum absolute atomic E-state index is 9.37. The summed E-state index contributed by atoms with van der Waals surface area (Å²) in [6.07, 6.45) is 0.0653. The molecule has 3 nitrogen and oxygen atoms in total. The Balaban J connectivity index is 3.75. The minimum absolute atomic E-state index is 0.0842. The van der Waals surface area contributed by atoms with Gasteiger partial charge in [-0.1, -0.05) is 6.92 Å². The van der Waals surface area contributed by atoms with Gasteiger partial charge in [-0.2, -0.15) is 0 Å². The van der Waals surface area contributed by atoms with E-state index in [4.69, 9.17) is 9.47 Å². The number of aliphatic hydroxyl groups is 1. The fourth-order valence-corrected chi connectivity index (χ4v) is 0.909. The highest BCUT2D eigenvalue weighted by Crippen LogP contribution is 2.19. The summed E-state index contributed by atoms with van der Waals surface area (Å²) < 4.78 is 10.4. The summed E-state index contributed by atoms with van der Waals surface area (Å²) in [6, 6.07) is 0. The monoisotopic (exact) mass is 194 g/mol. The Hall–Kier alpha value is 0.230. The van der Waals surface area contributed by atoms with Crippen molar-refractivity contribution in [2.45, 2.75) is 51.6 Å². The lowest BCUT2D eigenvalue weighted by atomic mass is 10.4. The molecule has 0 saturated carbocycles. The molecular formula is C8H18O3S. The highest BCUT2D eigenvalue weighted by atomic mass is 32.1. The molecule has 2 atom stereocenters. The van der Waals surface area contributed by atoms with Crippen molar-refractivity contribution >= 4 is 12.6 Å². The van der Waals surface area contributed by atoms with E-state index in [-0.39, 0.29) is 6.10 Å². The number of hydrogen-bond donors (Lipinski definition) is 2. The summed E-state index contributed by atoms with van der Waals surface area (Å²) in [5.74, 6) is 0. The third-order valence-electron chi connectivity index (χ3n) is 1.28. The Morgan fingerprint density at radius 1 is 1.42 bits per heavy atom. The minimum Gasteiger partial charge on any atom is -0.357 e. The molecule has 0 spiro atoms. The molecule has 0 aliphatic rings. The van der Waals surface area contributed by atoms with E-state index < -0.39 is 11.4 Å². The number of rotatable bonds is 5. The third kappa shape index (κ3) is 5.83. The zero-order chi connectivity index (χ0) is 9.78. The highest BCUT2D eigenvalue weighted by molar-refractivity contribution is 7.81. The molecule has 0 aromatic heterocycles. The Kier molecular flexibility index (Phi) is 5.16. The predicted molar refractivity (Wildman–Crippen MR) is 51.0 cm³/mol. The van der Waals surface area contributed by atoms with Crippen LogP contribution in [0.1, 0.15) is 34.1 Å². The average molecular weight is 194 g/mol. The van der Waals surface area contributed by atoms with Gasteiger partial charge in [0.05, 0.1) is 6.10 Å². The normalized spacial score (nSPS) is 19.2. The number of ether oxygens (including phenoxy) is 2. The quantitative estimate of drug-likeness (QED) is 0.517. The van der Waals surface area contributed by atoms with Crippen LogP contribution in [-0.2, 0) is 9.47 Å². The summed E-state index contributed by atoms with van der Waals surface area (Å²) in [6.45, 7) is 7.33. The van der Waals surface area contributed by atoms with Crippen LogP contribution in [-0.4, -0.2) is 22.6 Å². The summed E-state index contributed by atoms with van der Waals surface area (Å²) in [5.41, 5.74) is 0. The Morgan fingerprint density at radius 3 is 2.25 bits per heavy atom. The van der Waals surface area contributed by atoms with Crippen LogP contribution in [0.3, 0.4) is 0 Å². The molecular weight excluding hydrogens is 176 g/mol. The maximum Gasteiger partial charge on any atom is 0.214 e. The molecule has 0 aromatic carbocycles. The fourth-order valence-electron chi connectivity index (χ4n) is 0.760. The number of thiol groups is 1. The fraction of sp³-hybridized carbons (Fsp3) is 1.00. The van der Waals surface area contributed by atoms with Crippen molar-refractivity contribution in [3.05, 3.63) is 0 Å². The van der Waals surface area contributed by atoms with Crippen LogP contribution < -0.4 is 0 Å². The lowest BCUT2D eigenvalue weighted by molar-refractivity contribution is -0.248. The summed E-state index contributed by atoms with van der Waals surface area (Å²) in [4.78, 5) is 0. The largest absolute Gasteiger partial charge is 0.357 e. The molecule has 0 radical (unpaired) electrons. The van der Waals surface area contributed by atoms with Gasteiger partial charge in [0.15, 0.2) is 6.29 Å². The first-order valence-corrected chi connectivity index (χ1v) is 4.60. The van der Waals surface area contributed by atoms with Crippen LogP contribution in [0.25, 0.3) is 0 Å². The molecule has 0 heterocycles. The maximum atomic E-state index is 9.37. The first-order chi connectivity index (χ1) is 5.37. The van der Waals surface area contributed by atoms with Crippen molar-refractivity contribution in [1.82, 2.24) is 0 Å². The van der Waals surface area contributed by atoms with Crippen molar-refractivity contribution in [2.24, 2.45) is 0 Å². The van der Waals surface area contributed by atoms with Crippen LogP contribution in [0.4, 0.5) is 0 Å². The molecule has 2 unspecified atom stereocenters. The summed E-state index contributed by atoms with van der Waals surface area (Å²) in [5, 5.41) is 7.99. The molecule has 74 valence electrons. The van der Waals surface area contributed by atoms with Gasteiger partial charge < -0.3 is 14.6 Å². The predicted octanol–water partition coefficient (Wildman–Crippen LogP) is 1.76. The third-order valence-corrected chi connectivity index (χ3v) is 1.70. The Bertz CT molecular complexity index is 125. The Labute approximate surface area is 79.5 Å². The van der Waals surface area contributed by atoms with Crippen molar-refractivity contribution in [2.75, 3.05) is 0 Å². The molecule has 0 saturated heterocycles. The molecule has 0 aliphatic carbocycles. The molecule has 1 N–H and O–H groups in total. The second-order valence-corrected chi connectivity index (χ2v) is 3.67. The summed E-state index contributed by atoms with van der Waals surface area (Å²) in [7, 11) is 0. The molecule has 12 heavy (non-hydrogen) atoms. The van der Waals surface area contributed by atoms with E-state index in [1.807, 2.05) is 13.8 Å². The zero-order valence-electron chi connectivity index (χ0n) is 8.07. The van der Waals surface area contributed by atoms with Gasteiger partial charge in [0, 0.05) is 6.42 Å². The minimum atomic E-state index is -1.38. The Morgan fingerprint density at radius 2 is 1.92 bits per heavy atom. The van der Waals surface area contributed by atoms with Crippen LogP contribution in [0.5, 0.6) is 0 Å². The molecule has 0 rings (SSSR count). The van der Waals surface area contributed by atoms with Gasteiger partial charge in [-0.05, 0) is 20.8 Å². The van der Waals surface area contributed by atoms with Crippen molar-refractivity contribution < 1.29 is 14.6 Å². The van der Waals surface area contributed by atoms with E-state index in [0.717, 1.165) is 0 Å². The van der Waals surface area contributed by atoms with Gasteiger partial charge in [-0.3, -0.25) is 0 Å². The zero-order valence-corrected chi connectivity index (χ0v) is 8.97. The average Bonchev–Trinajstić information content (AvgIpc) is 1.84. The van der Waals surface area contributed by atoms with Crippen molar-refractivity contribution in [1.29, 1.82) is 0 Å². The first-order valence-electron chi connectivity index (χ1n) is 4.15. The smallest absolute Gasteiger partial charge is 0.214 e. The highest BCUT2D eigenvalue weighted by Gasteiger charge is 2.23. The van der Waals surface area contributed by atoms with E-state index >= 15 is 0 Å². The molecule has 0 aromatic rings. The SMILES string of the molecule is CCC(O)(S)OC(C)OC(C)C. The second kappa shape index (κ2) is 5.07. The lowest BCUT2D eigenvalue weighted by Gasteiger charge is -2.26. The summed E-state index contributed by atoms with van der Waals surface area (Å²) >= 11 is 3.90. The van der Waals surface area contributed by atoms with Crippen LogP contribution >= 0.6 is 12.6 Å². The molecule has 0 amide bonds. The van der Waals surface area contributed by atoms with Crippen LogP contribution in [0.2, 0.25) is 0 Å². The van der Waals surface area contributed by atoms with E-state index in [1.54, 1.807) is 13.8 Å². The van der Waals surface area contributed by atoms with Gasteiger partial charge in [-0.25, -0.2) is 0 Å². The van der Waals surface area contributed by atoms with Gasteiger partial charge in [-0.15, -0.1) is 12.6 Å². The topological polar surface area (TPSA) is 38.7 Å². The standard InChI is InChI=1S/C8H18O3S/c1-5-8(9,12)11-7(4)10-6(2)3/h6-7,9,12H,5H2,1-4H3. The first kappa shape index (κ1) is 12.2. The van der Waals surface area contributed by atoms with Gasteiger partial charge >= 0.3 is 0 Å². The molecule has 0 fully saturated rings. The van der Waals surface area contributed by atoms with E-state index in [0.29, 0.717) is 6.42 Å². The van der Waals surface area contributed by atoms with E-state index in [2.05, 4.69) is 12.6 Å². The lowest BCUT2D eigenvalue weighted by Crippen LogP contribution is -2.31. The van der Waals surface area contributed by atoms with Gasteiger partial charge in [0.2, 0.25) is 5.12 Å². The molecule has 0 aliphatic heterocycles. The molecule has 4 heteroatoms. The number of hydrogen-bond acceptors (Lipinski definition) is 4. The molecule has 0 bridgehead atoms. The van der Waals surface area contributed by atoms with Crippen LogP contribution in [0, 0.1) is 0 Å². The van der Waals surface area contributed by atoms with Crippen molar-refractivity contribution in [3.63, 3.8) is 0 Å². The van der Waals surface area contributed by atoms with E-state index in [1.165, 1.54) is 0 Å². The van der Waals surface area contributed by atoms with Gasteiger partial charge in [0.25, 0.3) is 0 Å².